The van der Waals surface area contributed by atoms with Crippen molar-refractivity contribution in [1.29, 1.82) is 0 Å². The van der Waals surface area contributed by atoms with E-state index in [1.165, 1.54) is 0 Å². The van der Waals surface area contributed by atoms with Crippen molar-refractivity contribution in [2.75, 3.05) is 13.1 Å². The van der Waals surface area contributed by atoms with Crippen molar-refractivity contribution < 1.29 is 4.79 Å². The molecule has 1 aliphatic rings. The summed E-state index contributed by atoms with van der Waals surface area (Å²) in [5.41, 5.74) is 1.75. The molecule has 1 saturated heterocycles. The van der Waals surface area contributed by atoms with Gasteiger partial charge in [0.2, 0.25) is 0 Å². The number of aryl methyl sites for hydroxylation is 1. The third-order valence-electron chi connectivity index (χ3n) is 2.74. The van der Waals surface area contributed by atoms with Crippen LogP contribution >= 0.6 is 0 Å². The number of carbonyl (C=O) groups excluding carboxylic acids is 1. The topological polar surface area (TPSA) is 46.9 Å². The Kier molecular flexibility index (Phi) is 2.37. The zero-order valence-corrected chi connectivity index (χ0v) is 8.58. The lowest BCUT2D eigenvalue weighted by molar-refractivity contribution is 0.100. The summed E-state index contributed by atoms with van der Waals surface area (Å²) in [7, 11) is 1.82. The largest absolute Gasteiger partial charge is 0.316 e. The van der Waals surface area contributed by atoms with Gasteiger partial charge in [-0.1, -0.05) is 0 Å². The Labute approximate surface area is 83.3 Å². The van der Waals surface area contributed by atoms with Gasteiger partial charge in [-0.2, -0.15) is 5.10 Å². The van der Waals surface area contributed by atoms with Gasteiger partial charge in [0.05, 0.1) is 5.69 Å². The number of nitrogens with zero attached hydrogens (tertiary/aromatic N) is 2. The molecular formula is C10H15N3O. The van der Waals surface area contributed by atoms with Crippen LogP contribution in [0.3, 0.4) is 0 Å². The van der Waals surface area contributed by atoms with E-state index in [4.69, 9.17) is 0 Å². The minimum atomic E-state index is 0.0807. The van der Waals surface area contributed by atoms with Gasteiger partial charge in [-0.25, -0.2) is 0 Å². The summed E-state index contributed by atoms with van der Waals surface area (Å²) < 4.78 is 1.68. The monoisotopic (exact) mass is 193 g/mol. The summed E-state index contributed by atoms with van der Waals surface area (Å²) in [6, 6.07) is 1.92. The number of Topliss-reactive ketones (excluding diaryl/α,β-unsaturated/α-hetero) is 1. The molecule has 0 aliphatic carbocycles. The molecule has 1 aliphatic heterocycles. The van der Waals surface area contributed by atoms with Gasteiger partial charge in [-0.05, 0) is 19.0 Å². The Bertz CT molecular complexity index is 350. The Balaban J connectivity index is 2.27. The minimum Gasteiger partial charge on any atom is -0.316 e. The summed E-state index contributed by atoms with van der Waals surface area (Å²) in [6.45, 7) is 3.61. The maximum Gasteiger partial charge on any atom is 0.177 e. The maximum atomic E-state index is 11.2. The lowest BCUT2D eigenvalue weighted by Crippen LogP contribution is -2.08. The first kappa shape index (κ1) is 9.40. The highest BCUT2D eigenvalue weighted by molar-refractivity contribution is 5.92. The van der Waals surface area contributed by atoms with Gasteiger partial charge in [0.25, 0.3) is 0 Å². The highest BCUT2D eigenvalue weighted by Crippen LogP contribution is 2.21. The lowest BCUT2D eigenvalue weighted by Gasteiger charge is -2.01. The second-order valence-corrected chi connectivity index (χ2v) is 3.82. The van der Waals surface area contributed by atoms with Gasteiger partial charge in [-0.15, -0.1) is 0 Å². The second kappa shape index (κ2) is 3.53. The van der Waals surface area contributed by atoms with Gasteiger partial charge in [-0.3, -0.25) is 9.48 Å². The number of hydrogen-bond donors (Lipinski definition) is 1. The Morgan fingerprint density at radius 3 is 3.00 bits per heavy atom. The van der Waals surface area contributed by atoms with Gasteiger partial charge in [0, 0.05) is 26.4 Å². The molecule has 0 bridgehead atoms. The average molecular weight is 193 g/mol. The summed E-state index contributed by atoms with van der Waals surface area (Å²) in [6.07, 6.45) is 1.12. The van der Waals surface area contributed by atoms with Crippen LogP contribution in [0.1, 0.15) is 35.4 Å². The zero-order valence-electron chi connectivity index (χ0n) is 8.58. The number of carbonyl (C=O) groups is 1. The molecule has 1 aromatic rings. The van der Waals surface area contributed by atoms with E-state index in [1.807, 2.05) is 13.1 Å². The molecule has 76 valence electrons. The fourth-order valence-electron chi connectivity index (χ4n) is 1.93. The van der Waals surface area contributed by atoms with Crippen LogP contribution in [0, 0.1) is 0 Å². The molecule has 1 unspecified atom stereocenters. The highest BCUT2D eigenvalue weighted by Gasteiger charge is 2.21. The summed E-state index contributed by atoms with van der Waals surface area (Å²) in [5.74, 6) is 0.562. The average Bonchev–Trinajstić information content (AvgIpc) is 2.70. The van der Waals surface area contributed by atoms with Crippen molar-refractivity contribution in [3.05, 3.63) is 17.5 Å². The number of rotatable bonds is 2. The van der Waals surface area contributed by atoms with Crippen molar-refractivity contribution in [1.82, 2.24) is 15.1 Å². The molecule has 0 radical (unpaired) electrons. The molecule has 14 heavy (non-hydrogen) atoms. The van der Waals surface area contributed by atoms with Crippen molar-refractivity contribution >= 4 is 5.78 Å². The molecule has 1 aromatic heterocycles. The van der Waals surface area contributed by atoms with Crippen LogP contribution in [-0.2, 0) is 7.05 Å². The van der Waals surface area contributed by atoms with Crippen molar-refractivity contribution in [2.45, 2.75) is 19.3 Å². The van der Waals surface area contributed by atoms with E-state index in [9.17, 15) is 4.79 Å². The number of hydrogen-bond acceptors (Lipinski definition) is 3. The van der Waals surface area contributed by atoms with E-state index >= 15 is 0 Å². The molecular weight excluding hydrogens is 178 g/mol. The highest BCUT2D eigenvalue weighted by atomic mass is 16.1. The number of nitrogens with one attached hydrogen (secondary N) is 1. The van der Waals surface area contributed by atoms with Crippen molar-refractivity contribution in [3.8, 4) is 0 Å². The van der Waals surface area contributed by atoms with Crippen LogP contribution in [0.25, 0.3) is 0 Å². The smallest absolute Gasteiger partial charge is 0.177 e. The Morgan fingerprint density at radius 1 is 1.71 bits per heavy atom. The minimum absolute atomic E-state index is 0.0807. The molecule has 4 nitrogen and oxygen atoms in total. The maximum absolute atomic E-state index is 11.2. The van der Waals surface area contributed by atoms with Gasteiger partial charge < -0.3 is 5.32 Å². The fraction of sp³-hybridized carbons (Fsp3) is 0.600. The predicted octanol–water partition coefficient (Wildman–Crippen LogP) is 0.700. The summed E-state index contributed by atoms with van der Waals surface area (Å²) in [4.78, 5) is 11.2. The van der Waals surface area contributed by atoms with E-state index < -0.39 is 0 Å². The molecule has 1 fully saturated rings. The molecule has 2 heterocycles. The van der Waals surface area contributed by atoms with E-state index in [2.05, 4.69) is 10.4 Å². The van der Waals surface area contributed by atoms with Crippen LogP contribution < -0.4 is 5.32 Å². The van der Waals surface area contributed by atoms with Crippen LogP contribution in [0.15, 0.2) is 6.07 Å². The fourth-order valence-corrected chi connectivity index (χ4v) is 1.93. The van der Waals surface area contributed by atoms with E-state index in [1.54, 1.807) is 11.6 Å². The van der Waals surface area contributed by atoms with E-state index in [0.717, 1.165) is 25.2 Å². The number of ketones is 1. The third kappa shape index (κ3) is 1.57. The lowest BCUT2D eigenvalue weighted by atomic mass is 10.0. The SMILES string of the molecule is CC(=O)c1cc(C2CCNC2)nn1C. The van der Waals surface area contributed by atoms with Gasteiger partial charge >= 0.3 is 0 Å². The first-order valence-corrected chi connectivity index (χ1v) is 4.94. The standard InChI is InChI=1S/C10H15N3O/c1-7(14)10-5-9(12-13(10)2)8-3-4-11-6-8/h5,8,11H,3-4,6H2,1-2H3. The van der Waals surface area contributed by atoms with Crippen molar-refractivity contribution in [2.24, 2.45) is 7.05 Å². The zero-order chi connectivity index (χ0) is 10.1. The third-order valence-corrected chi connectivity index (χ3v) is 2.74. The van der Waals surface area contributed by atoms with Crippen LogP contribution in [0.4, 0.5) is 0 Å². The van der Waals surface area contributed by atoms with Gasteiger partial charge in [0.15, 0.2) is 5.78 Å². The quantitative estimate of drug-likeness (QED) is 0.703. The first-order valence-electron chi connectivity index (χ1n) is 4.94. The molecule has 4 heteroatoms. The molecule has 0 saturated carbocycles. The van der Waals surface area contributed by atoms with Crippen molar-refractivity contribution in [3.63, 3.8) is 0 Å². The molecule has 1 atom stereocenters. The molecule has 2 rings (SSSR count). The van der Waals surface area contributed by atoms with E-state index in [-0.39, 0.29) is 5.78 Å². The predicted molar refractivity (Wildman–Crippen MR) is 53.4 cm³/mol. The Morgan fingerprint density at radius 2 is 2.50 bits per heavy atom. The van der Waals surface area contributed by atoms with E-state index in [0.29, 0.717) is 11.6 Å². The van der Waals surface area contributed by atoms with Gasteiger partial charge in [0.1, 0.15) is 5.69 Å². The normalized spacial score (nSPS) is 21.4. The Hall–Kier alpha value is -1.16. The summed E-state index contributed by atoms with van der Waals surface area (Å²) >= 11 is 0. The molecule has 0 amide bonds. The summed E-state index contributed by atoms with van der Waals surface area (Å²) in [5, 5.41) is 7.66. The van der Waals surface area contributed by atoms with Crippen LogP contribution in [-0.4, -0.2) is 28.7 Å². The molecule has 0 aromatic carbocycles. The van der Waals surface area contributed by atoms with Crippen LogP contribution in [0.2, 0.25) is 0 Å². The molecule has 0 spiro atoms. The molecule has 1 N–H and O–H groups in total. The number of aromatic nitrogens is 2. The first-order chi connectivity index (χ1) is 6.68. The second-order valence-electron chi connectivity index (χ2n) is 3.82. The van der Waals surface area contributed by atoms with Crippen LogP contribution in [0.5, 0.6) is 0 Å².